The van der Waals surface area contributed by atoms with Crippen molar-refractivity contribution in [3.8, 4) is 11.5 Å². The highest BCUT2D eigenvalue weighted by Gasteiger charge is 2.87. The maximum atomic E-state index is 16.3. The van der Waals surface area contributed by atoms with Crippen LogP contribution in [0.25, 0.3) is 0 Å². The number of methoxy groups -OCH3 is 1. The molecule has 8 atom stereocenters. The zero-order valence-corrected chi connectivity index (χ0v) is 53.7. The Bertz CT molecular complexity index is 2520. The molecule has 0 aromatic heterocycles. The van der Waals surface area contributed by atoms with Crippen LogP contribution in [0.3, 0.4) is 0 Å². The van der Waals surface area contributed by atoms with Crippen LogP contribution >= 0.6 is 0 Å². The van der Waals surface area contributed by atoms with E-state index in [1.54, 1.807) is 76.2 Å². The molecule has 0 amide bonds. The molecule has 2 fully saturated rings. The van der Waals surface area contributed by atoms with E-state index >= 15 is 14.4 Å². The molecule has 3 aromatic carbocycles. The van der Waals surface area contributed by atoms with Gasteiger partial charge in [-0.25, -0.2) is 14.4 Å². The van der Waals surface area contributed by atoms with Gasteiger partial charge in [0.25, 0.3) is 0 Å². The Hall–Kier alpha value is -5.36. The fourth-order valence-corrected chi connectivity index (χ4v) is 10.8. The molecule has 0 N–H and O–H groups in total. The van der Waals surface area contributed by atoms with Crippen LogP contribution in [-0.2, 0) is 73.0 Å². The second-order valence-electron chi connectivity index (χ2n) is 26.1. The molecule has 0 spiro atoms. The molecule has 2 saturated heterocycles. The minimum absolute atomic E-state index is 0.0254. The highest BCUT2D eigenvalue weighted by Crippen LogP contribution is 2.60. The molecular weight excluding hydrogens is 1080 g/mol. The molecule has 0 saturated carbocycles. The van der Waals surface area contributed by atoms with Crippen LogP contribution in [0.4, 0.5) is 0 Å². The SMILES string of the molecule is C=C(CC[C@@]12O[C@H](C(=O)OC(C)(C)C)[C@@](OCCCCCCCCOc3ccccc3)(C(=O)OC(C)(C)C)[C@@](C(=O)OC(C)(C)C)(O1)[C@H](OCCCCCCCCOc1ccccc1)[C@H]2OC(C)(C)OC)C(OC(C)=O)C(C)Cc1ccccc1. The van der Waals surface area contributed by atoms with Gasteiger partial charge in [-0.2, -0.15) is 0 Å². The number of hydrogen-bond donors (Lipinski definition) is 0. The Labute approximate surface area is 507 Å². The number of esters is 4. The average Bonchev–Trinajstić information content (AvgIpc) is 1.55. The first-order chi connectivity index (χ1) is 40.1. The summed E-state index contributed by atoms with van der Waals surface area (Å²) in [5.41, 5.74) is -7.64. The van der Waals surface area contributed by atoms with Gasteiger partial charge in [0.15, 0.2) is 5.79 Å². The normalized spacial score (nSPS) is 22.2. The topological polar surface area (TPSA) is 179 Å². The van der Waals surface area contributed by atoms with Crippen molar-refractivity contribution in [2.75, 3.05) is 33.5 Å². The van der Waals surface area contributed by atoms with Crippen LogP contribution in [-0.4, -0.2) is 121 Å². The van der Waals surface area contributed by atoms with Crippen LogP contribution in [0.2, 0.25) is 0 Å². The van der Waals surface area contributed by atoms with E-state index in [4.69, 9.17) is 56.8 Å². The summed E-state index contributed by atoms with van der Waals surface area (Å²) in [5, 5.41) is 0. The molecular formula is C69H102O16. The molecule has 16 nitrogen and oxygen atoms in total. The van der Waals surface area contributed by atoms with E-state index in [1.807, 2.05) is 97.9 Å². The molecule has 0 aliphatic carbocycles. The Morgan fingerprint density at radius 3 is 1.53 bits per heavy atom. The van der Waals surface area contributed by atoms with E-state index in [1.165, 1.54) is 14.0 Å². The minimum atomic E-state index is -2.83. The van der Waals surface area contributed by atoms with Crippen LogP contribution in [0.5, 0.6) is 11.5 Å². The molecule has 2 aliphatic rings. The average molecular weight is 1190 g/mol. The Balaban J connectivity index is 1.63. The molecule has 474 valence electrons. The second-order valence-corrected chi connectivity index (χ2v) is 26.1. The van der Waals surface area contributed by atoms with Gasteiger partial charge >= 0.3 is 23.9 Å². The largest absolute Gasteiger partial charge is 0.494 e. The van der Waals surface area contributed by atoms with Gasteiger partial charge in [0.05, 0.1) is 13.2 Å². The third-order valence-electron chi connectivity index (χ3n) is 14.7. The van der Waals surface area contributed by atoms with Crippen molar-refractivity contribution in [1.82, 2.24) is 0 Å². The standard InChI is InChI=1S/C69H102O16/c1-50(56(79-52(3)70)51(2)49-53-37-27-24-28-38-53)43-44-67-57(80-66(13,14)74-15)58(77-47-35-22-17-16-20-33-45-75-54-39-29-25-30-40-54)69(85-67,62(73)84-65(10,11)12)68(61(72)83-64(7,8)9,59(81-67)60(71)82-63(4,5)6)78-48-36-23-19-18-21-34-46-76-55-41-31-26-32-42-55/h24-32,37-42,51,56-59H,1,16-23,33-36,43-49H2,2-15H3/t51?,56?,57-,58-,59-,67-,68-,69-/m1/s1. The first-order valence-electron chi connectivity index (χ1n) is 30.9. The predicted octanol–water partition coefficient (Wildman–Crippen LogP) is 13.8. The number of carbonyl (C=O) groups excluding carboxylic acids is 4. The fourth-order valence-electron chi connectivity index (χ4n) is 10.8. The smallest absolute Gasteiger partial charge is 0.346 e. The molecule has 3 aromatic rings. The van der Waals surface area contributed by atoms with Gasteiger partial charge in [-0.05, 0) is 150 Å². The van der Waals surface area contributed by atoms with Gasteiger partial charge in [0.2, 0.25) is 23.1 Å². The van der Waals surface area contributed by atoms with Gasteiger partial charge in [-0.1, -0.05) is 132 Å². The first kappa shape index (κ1) is 70.4. The number of fused-ring (bicyclic) bond motifs is 2. The number of unbranched alkanes of at least 4 members (excludes halogenated alkanes) is 10. The first-order valence-corrected chi connectivity index (χ1v) is 30.9. The maximum absolute atomic E-state index is 16.3. The van der Waals surface area contributed by atoms with Crippen LogP contribution in [0, 0.1) is 5.92 Å². The Morgan fingerprint density at radius 2 is 1.05 bits per heavy atom. The zero-order chi connectivity index (χ0) is 62.5. The summed E-state index contributed by atoms with van der Waals surface area (Å²) in [5.74, 6) is -5.99. The Kier molecular flexibility index (Phi) is 26.5. The van der Waals surface area contributed by atoms with E-state index in [0.29, 0.717) is 44.5 Å². The molecule has 16 heteroatoms. The number of carbonyl (C=O) groups is 4. The number of benzene rings is 3. The van der Waals surface area contributed by atoms with Gasteiger partial charge in [-0.15, -0.1) is 0 Å². The summed E-state index contributed by atoms with van der Waals surface area (Å²) >= 11 is 0. The number of ether oxygens (including phenoxy) is 12. The van der Waals surface area contributed by atoms with Crippen molar-refractivity contribution in [2.24, 2.45) is 5.92 Å². The molecule has 2 bridgehead atoms. The lowest BCUT2D eigenvalue weighted by Gasteiger charge is -2.53. The minimum Gasteiger partial charge on any atom is -0.494 e. The molecule has 2 aliphatic heterocycles. The fraction of sp³-hybridized carbons (Fsp3) is 0.652. The number of rotatable bonds is 36. The van der Waals surface area contributed by atoms with Crippen molar-refractivity contribution in [3.05, 3.63) is 109 Å². The molecule has 5 rings (SSSR count). The lowest BCUT2D eigenvalue weighted by Crippen LogP contribution is -2.80. The van der Waals surface area contributed by atoms with Gasteiger partial charge in [0, 0.05) is 39.6 Å². The quantitative estimate of drug-likeness (QED) is 0.0176. The zero-order valence-electron chi connectivity index (χ0n) is 53.7. The van der Waals surface area contributed by atoms with E-state index < -0.39 is 87.9 Å². The van der Waals surface area contributed by atoms with Crippen molar-refractivity contribution < 1.29 is 76.0 Å². The monoisotopic (exact) mass is 1190 g/mol. The highest BCUT2D eigenvalue weighted by atomic mass is 16.8. The highest BCUT2D eigenvalue weighted by molar-refractivity contribution is 6.00. The van der Waals surface area contributed by atoms with Gasteiger partial charge < -0.3 is 56.8 Å². The lowest BCUT2D eigenvalue weighted by atomic mass is 9.73. The second kappa shape index (κ2) is 32.0. The molecule has 0 radical (unpaired) electrons. The summed E-state index contributed by atoms with van der Waals surface area (Å²) < 4.78 is 78.9. The molecule has 2 heterocycles. The van der Waals surface area contributed by atoms with E-state index in [0.717, 1.165) is 74.8 Å². The lowest BCUT2D eigenvalue weighted by molar-refractivity contribution is -0.393. The molecule has 85 heavy (non-hydrogen) atoms. The van der Waals surface area contributed by atoms with Crippen molar-refractivity contribution in [2.45, 2.75) is 250 Å². The Morgan fingerprint density at radius 1 is 0.588 bits per heavy atom. The third kappa shape index (κ3) is 20.9. The van der Waals surface area contributed by atoms with Crippen molar-refractivity contribution in [3.63, 3.8) is 0 Å². The van der Waals surface area contributed by atoms with Gasteiger partial charge in [0.1, 0.15) is 46.6 Å². The summed E-state index contributed by atoms with van der Waals surface area (Å²) in [4.78, 5) is 60.9. The molecule has 2 unspecified atom stereocenters. The summed E-state index contributed by atoms with van der Waals surface area (Å²) in [6.07, 6.45) is 3.84. The predicted molar refractivity (Wildman–Crippen MR) is 326 cm³/mol. The summed E-state index contributed by atoms with van der Waals surface area (Å²) in [7, 11) is 1.47. The van der Waals surface area contributed by atoms with Crippen molar-refractivity contribution >= 4 is 23.9 Å². The van der Waals surface area contributed by atoms with E-state index in [2.05, 4.69) is 6.58 Å². The van der Waals surface area contributed by atoms with Crippen LogP contribution < -0.4 is 9.47 Å². The third-order valence-corrected chi connectivity index (χ3v) is 14.7. The summed E-state index contributed by atoms with van der Waals surface area (Å²) in [6, 6.07) is 29.3. The van der Waals surface area contributed by atoms with E-state index in [9.17, 15) is 4.79 Å². The van der Waals surface area contributed by atoms with Crippen LogP contribution in [0.1, 0.15) is 185 Å². The number of hydrogen-bond acceptors (Lipinski definition) is 16. The maximum Gasteiger partial charge on any atom is 0.346 e. The van der Waals surface area contributed by atoms with Crippen LogP contribution in [0.15, 0.2) is 103 Å². The van der Waals surface area contributed by atoms with Crippen molar-refractivity contribution in [1.29, 1.82) is 0 Å². The van der Waals surface area contributed by atoms with E-state index in [-0.39, 0.29) is 32.0 Å². The van der Waals surface area contributed by atoms with Gasteiger partial charge in [-0.3, -0.25) is 4.79 Å². The summed E-state index contributed by atoms with van der Waals surface area (Å²) in [6.45, 7) is 27.4. The number of para-hydroxylation sites is 2.